The third-order valence-corrected chi connectivity index (χ3v) is 0.603. The van der Waals surface area contributed by atoms with Crippen molar-refractivity contribution in [3.05, 3.63) is 0 Å². The van der Waals surface area contributed by atoms with Crippen LogP contribution in [0, 0.1) is 0 Å². The minimum atomic E-state index is -1.48. The van der Waals surface area contributed by atoms with Gasteiger partial charge in [0.25, 0.3) is 0 Å². The minimum absolute atomic E-state index is 0. The van der Waals surface area contributed by atoms with Gasteiger partial charge in [0.15, 0.2) is 6.29 Å². The van der Waals surface area contributed by atoms with Crippen LogP contribution in [0.1, 0.15) is 0 Å². The van der Waals surface area contributed by atoms with Gasteiger partial charge in [0.2, 0.25) is 0 Å². The molecule has 0 aromatic carbocycles. The molecule has 5 nitrogen and oxygen atoms in total. The van der Waals surface area contributed by atoms with E-state index in [-0.39, 0.29) is 42.6 Å². The summed E-state index contributed by atoms with van der Waals surface area (Å²) in [5.74, 6) is -1.02. The van der Waals surface area contributed by atoms with Crippen LogP contribution in [0.4, 0.5) is 0 Å². The van der Waals surface area contributed by atoms with Crippen molar-refractivity contribution >= 4 is 35.5 Å². The fourth-order valence-electron chi connectivity index (χ4n) is 0.308. The van der Waals surface area contributed by atoms with Gasteiger partial charge in [0.1, 0.15) is 0 Å². The molecule has 0 aromatic rings. The van der Waals surface area contributed by atoms with Gasteiger partial charge in [0.05, 0.1) is 6.54 Å². The molecule has 4 N–H and O–H groups in total. The van der Waals surface area contributed by atoms with E-state index >= 15 is 0 Å². The Hall–Kier alpha value is 0.350. The molecule has 0 spiro atoms. The molecule has 0 saturated carbocycles. The summed E-state index contributed by atoms with van der Waals surface area (Å²) in [5, 5.41) is 26.6. The fourth-order valence-corrected chi connectivity index (χ4v) is 0.308. The summed E-state index contributed by atoms with van der Waals surface area (Å²) in [7, 11) is 0. The van der Waals surface area contributed by atoms with Gasteiger partial charge < -0.3 is 20.6 Å². The zero-order valence-corrected chi connectivity index (χ0v) is 7.74. The van der Waals surface area contributed by atoms with Crippen molar-refractivity contribution in [2.75, 3.05) is 13.1 Å². The first-order valence-electron chi connectivity index (χ1n) is 2.41. The van der Waals surface area contributed by atoms with Crippen LogP contribution in [-0.4, -0.2) is 70.2 Å². The normalized spacial score (nSPS) is 9.10. The summed E-state index contributed by atoms with van der Waals surface area (Å²) in [5.41, 5.74) is 0. The van der Waals surface area contributed by atoms with Crippen molar-refractivity contribution < 1.29 is 20.1 Å². The summed E-state index contributed by atoms with van der Waals surface area (Å²) >= 11 is 0. The monoisotopic (exact) mass is 158 g/mol. The van der Waals surface area contributed by atoms with E-state index in [4.69, 9.17) is 15.3 Å². The van der Waals surface area contributed by atoms with Crippen LogP contribution in [0.5, 0.6) is 0 Å². The first-order valence-corrected chi connectivity index (χ1v) is 2.41. The minimum Gasteiger partial charge on any atom is -0.480 e. The van der Waals surface area contributed by atoms with Gasteiger partial charge in [-0.1, -0.05) is 0 Å². The molecular formula is C4H9NNaO4. The Labute approximate surface area is 80.3 Å². The van der Waals surface area contributed by atoms with Crippen molar-refractivity contribution in [1.82, 2.24) is 5.32 Å². The molecule has 1 radical (unpaired) electrons. The maximum absolute atomic E-state index is 9.76. The Morgan fingerprint density at radius 3 is 2.30 bits per heavy atom. The standard InChI is InChI=1S/C4H9NO4.Na/c6-3(7)1-5-2-4(8)9;/h3,5-7H,1-2H2,(H,8,9);. The third kappa shape index (κ3) is 11.2. The predicted molar refractivity (Wildman–Crippen MR) is 34.5 cm³/mol. The number of carbonyl (C=O) groups is 1. The molecule has 10 heavy (non-hydrogen) atoms. The molecule has 0 aliphatic carbocycles. The Kier molecular flexibility index (Phi) is 9.68. The molecule has 0 aliphatic rings. The maximum atomic E-state index is 9.76. The smallest absolute Gasteiger partial charge is 0.317 e. The summed E-state index contributed by atoms with van der Waals surface area (Å²) in [6, 6.07) is 0. The molecule has 0 rings (SSSR count). The Bertz CT molecular complexity index is 97.3. The van der Waals surface area contributed by atoms with Crippen molar-refractivity contribution in [3.63, 3.8) is 0 Å². The Balaban J connectivity index is 0. The molecule has 0 aliphatic heterocycles. The first kappa shape index (κ1) is 13.0. The molecule has 0 saturated heterocycles. The van der Waals surface area contributed by atoms with Gasteiger partial charge in [-0.05, 0) is 0 Å². The number of carboxylic acid groups (broad SMARTS) is 1. The second kappa shape index (κ2) is 7.46. The van der Waals surface area contributed by atoms with E-state index in [2.05, 4.69) is 5.32 Å². The van der Waals surface area contributed by atoms with Crippen LogP contribution >= 0.6 is 0 Å². The van der Waals surface area contributed by atoms with Crippen LogP contribution in [0.25, 0.3) is 0 Å². The number of aliphatic hydroxyl groups excluding tert-OH is 1. The Morgan fingerprint density at radius 2 is 2.00 bits per heavy atom. The summed E-state index contributed by atoms with van der Waals surface area (Å²) in [4.78, 5) is 9.76. The maximum Gasteiger partial charge on any atom is 0.317 e. The van der Waals surface area contributed by atoms with E-state index in [0.717, 1.165) is 0 Å². The van der Waals surface area contributed by atoms with Gasteiger partial charge in [-0.15, -0.1) is 0 Å². The van der Waals surface area contributed by atoms with Crippen LogP contribution in [0.3, 0.4) is 0 Å². The van der Waals surface area contributed by atoms with Gasteiger partial charge >= 0.3 is 5.97 Å². The second-order valence-corrected chi connectivity index (χ2v) is 1.51. The van der Waals surface area contributed by atoms with Crippen LogP contribution in [-0.2, 0) is 4.79 Å². The van der Waals surface area contributed by atoms with Crippen molar-refractivity contribution in [1.29, 1.82) is 0 Å². The largest absolute Gasteiger partial charge is 0.480 e. The third-order valence-electron chi connectivity index (χ3n) is 0.603. The molecule has 0 bridgehead atoms. The molecule has 0 atom stereocenters. The first-order chi connectivity index (χ1) is 4.13. The van der Waals surface area contributed by atoms with E-state index < -0.39 is 12.3 Å². The fraction of sp³-hybridized carbons (Fsp3) is 0.750. The van der Waals surface area contributed by atoms with E-state index in [1.54, 1.807) is 0 Å². The summed E-state index contributed by atoms with van der Waals surface area (Å²) < 4.78 is 0. The zero-order chi connectivity index (χ0) is 7.28. The SMILES string of the molecule is O=C(O)CNCC(O)O.[Na]. The molecule has 0 amide bonds. The number of rotatable bonds is 4. The average molecular weight is 158 g/mol. The number of hydrogen-bond acceptors (Lipinski definition) is 4. The van der Waals surface area contributed by atoms with Gasteiger partial charge in [-0.3, -0.25) is 4.79 Å². The van der Waals surface area contributed by atoms with Crippen molar-refractivity contribution in [2.24, 2.45) is 0 Å². The van der Waals surface area contributed by atoms with Crippen molar-refractivity contribution in [2.45, 2.75) is 6.29 Å². The molecule has 0 unspecified atom stereocenters. The van der Waals surface area contributed by atoms with E-state index in [1.807, 2.05) is 0 Å². The van der Waals surface area contributed by atoms with Gasteiger partial charge in [-0.25, -0.2) is 0 Å². The molecular weight excluding hydrogens is 149 g/mol. The quantitative estimate of drug-likeness (QED) is 0.270. The average Bonchev–Trinajstić information content (AvgIpc) is 1.63. The topological polar surface area (TPSA) is 89.8 Å². The van der Waals surface area contributed by atoms with Crippen molar-refractivity contribution in [3.8, 4) is 0 Å². The number of aliphatic carboxylic acids is 1. The molecule has 0 aromatic heterocycles. The summed E-state index contributed by atoms with van der Waals surface area (Å²) in [6.07, 6.45) is -1.48. The molecule has 0 heterocycles. The summed E-state index contributed by atoms with van der Waals surface area (Å²) in [6.45, 7) is -0.371. The predicted octanol–water partition coefficient (Wildman–Crippen LogP) is -2.41. The van der Waals surface area contributed by atoms with E-state index in [9.17, 15) is 4.79 Å². The number of hydrogen-bond donors (Lipinski definition) is 4. The second-order valence-electron chi connectivity index (χ2n) is 1.51. The van der Waals surface area contributed by atoms with Gasteiger partial charge in [-0.2, -0.15) is 0 Å². The Morgan fingerprint density at radius 1 is 1.50 bits per heavy atom. The zero-order valence-electron chi connectivity index (χ0n) is 5.74. The van der Waals surface area contributed by atoms with Crippen LogP contribution in [0.2, 0.25) is 0 Å². The molecule has 0 fully saturated rings. The number of aliphatic hydroxyl groups is 2. The molecule has 55 valence electrons. The van der Waals surface area contributed by atoms with E-state index in [1.165, 1.54) is 0 Å². The molecule has 6 heteroatoms. The number of carboxylic acids is 1. The van der Waals surface area contributed by atoms with Crippen LogP contribution < -0.4 is 5.32 Å². The van der Waals surface area contributed by atoms with E-state index in [0.29, 0.717) is 0 Å². The number of nitrogens with one attached hydrogen (secondary N) is 1. The van der Waals surface area contributed by atoms with Gasteiger partial charge in [0, 0.05) is 36.1 Å². The van der Waals surface area contributed by atoms with Crippen LogP contribution in [0.15, 0.2) is 0 Å².